The van der Waals surface area contributed by atoms with Crippen LogP contribution < -0.4 is 4.72 Å². The molecule has 0 radical (unpaired) electrons. The Morgan fingerprint density at radius 2 is 1.52 bits per heavy atom. The molecule has 0 atom stereocenters. The second-order valence-corrected chi connectivity index (χ2v) is 9.31. The standard InChI is InChI=1S/C22H26N2O4S/c1-16(2)23-29(27,28)20-10-8-19(9-11-20)22(26)24-14-12-18(13-15-24)21(25)17-6-4-3-5-7-17/h3-11,16,18,23H,12-15H2,1-2H3. The monoisotopic (exact) mass is 414 g/mol. The van der Waals surface area contributed by atoms with E-state index in [0.29, 0.717) is 37.1 Å². The maximum absolute atomic E-state index is 12.8. The molecule has 0 bridgehead atoms. The van der Waals surface area contributed by atoms with Gasteiger partial charge in [-0.05, 0) is 51.0 Å². The van der Waals surface area contributed by atoms with Gasteiger partial charge in [-0.3, -0.25) is 9.59 Å². The second kappa shape index (κ2) is 8.88. The zero-order chi connectivity index (χ0) is 21.0. The summed E-state index contributed by atoms with van der Waals surface area (Å²) in [6.45, 7) is 4.53. The first-order valence-electron chi connectivity index (χ1n) is 9.79. The fourth-order valence-electron chi connectivity index (χ4n) is 3.52. The molecule has 2 aromatic rings. The van der Waals surface area contributed by atoms with Gasteiger partial charge in [-0.2, -0.15) is 0 Å². The number of piperidine rings is 1. The predicted molar refractivity (Wildman–Crippen MR) is 111 cm³/mol. The molecule has 0 saturated carbocycles. The number of hydrogen-bond donors (Lipinski definition) is 1. The minimum atomic E-state index is -3.58. The Labute approximate surface area is 172 Å². The summed E-state index contributed by atoms with van der Waals surface area (Å²) in [5.74, 6) is -0.0858. The quantitative estimate of drug-likeness (QED) is 0.736. The highest BCUT2D eigenvalue weighted by Crippen LogP contribution is 2.23. The molecule has 7 heteroatoms. The van der Waals surface area contributed by atoms with Crippen LogP contribution in [0.15, 0.2) is 59.5 Å². The molecule has 154 valence electrons. The van der Waals surface area contributed by atoms with Crippen LogP contribution in [0, 0.1) is 5.92 Å². The molecule has 2 aromatic carbocycles. The molecule has 0 aliphatic carbocycles. The molecule has 1 amide bonds. The topological polar surface area (TPSA) is 83.6 Å². The summed E-state index contributed by atoms with van der Waals surface area (Å²) in [6.07, 6.45) is 1.26. The molecule has 0 aromatic heterocycles. The minimum absolute atomic E-state index is 0.0731. The highest BCUT2D eigenvalue weighted by atomic mass is 32.2. The van der Waals surface area contributed by atoms with E-state index in [2.05, 4.69) is 4.72 Å². The van der Waals surface area contributed by atoms with Crippen LogP contribution >= 0.6 is 0 Å². The Balaban J connectivity index is 1.61. The largest absolute Gasteiger partial charge is 0.339 e. The highest BCUT2D eigenvalue weighted by Gasteiger charge is 2.28. The van der Waals surface area contributed by atoms with Crippen LogP contribution in [0.4, 0.5) is 0 Å². The summed E-state index contributed by atoms with van der Waals surface area (Å²) < 4.78 is 26.9. The number of Topliss-reactive ketones (excluding diaryl/α,β-unsaturated/α-hetero) is 1. The number of carbonyl (C=O) groups excluding carboxylic acids is 2. The Hall–Kier alpha value is -2.51. The van der Waals surface area contributed by atoms with Gasteiger partial charge < -0.3 is 4.90 Å². The summed E-state index contributed by atoms with van der Waals surface area (Å²) in [4.78, 5) is 27.2. The van der Waals surface area contributed by atoms with Gasteiger partial charge in [0, 0.05) is 36.2 Å². The fourth-order valence-corrected chi connectivity index (χ4v) is 4.77. The fraction of sp³-hybridized carbons (Fsp3) is 0.364. The SMILES string of the molecule is CC(C)NS(=O)(=O)c1ccc(C(=O)N2CCC(C(=O)c3ccccc3)CC2)cc1. The van der Waals surface area contributed by atoms with Gasteiger partial charge in [-0.15, -0.1) is 0 Å². The lowest BCUT2D eigenvalue weighted by molar-refractivity contribution is 0.0650. The second-order valence-electron chi connectivity index (χ2n) is 7.60. The Morgan fingerprint density at radius 1 is 0.931 bits per heavy atom. The molecule has 6 nitrogen and oxygen atoms in total. The van der Waals surface area contributed by atoms with Crippen LogP contribution in [0.1, 0.15) is 47.4 Å². The van der Waals surface area contributed by atoms with Crippen molar-refractivity contribution in [3.8, 4) is 0 Å². The molecule has 1 N–H and O–H groups in total. The Morgan fingerprint density at radius 3 is 2.07 bits per heavy atom. The number of likely N-dealkylation sites (tertiary alicyclic amines) is 1. The molecule has 0 spiro atoms. The molecular formula is C22H26N2O4S. The van der Waals surface area contributed by atoms with E-state index >= 15 is 0 Å². The van der Waals surface area contributed by atoms with Crippen LogP contribution in [0.2, 0.25) is 0 Å². The van der Waals surface area contributed by atoms with Crippen LogP contribution in [-0.2, 0) is 10.0 Å². The van der Waals surface area contributed by atoms with E-state index in [0.717, 1.165) is 0 Å². The molecule has 1 aliphatic rings. The van der Waals surface area contributed by atoms with Crippen molar-refractivity contribution >= 4 is 21.7 Å². The zero-order valence-corrected chi connectivity index (χ0v) is 17.5. The van der Waals surface area contributed by atoms with Crippen LogP contribution in [0.3, 0.4) is 0 Å². The number of ketones is 1. The van der Waals surface area contributed by atoms with E-state index < -0.39 is 10.0 Å². The van der Waals surface area contributed by atoms with Crippen molar-refractivity contribution in [2.24, 2.45) is 5.92 Å². The first kappa shape index (κ1) is 21.2. The third-order valence-corrected chi connectivity index (χ3v) is 6.69. The van der Waals surface area contributed by atoms with E-state index in [1.165, 1.54) is 12.1 Å². The van der Waals surface area contributed by atoms with Crippen molar-refractivity contribution in [1.29, 1.82) is 0 Å². The normalized spacial score (nSPS) is 15.5. The first-order chi connectivity index (χ1) is 13.8. The predicted octanol–water partition coefficient (Wildman–Crippen LogP) is 3.11. The Kier molecular flexibility index (Phi) is 6.49. The van der Waals surface area contributed by atoms with Gasteiger partial charge in [0.2, 0.25) is 10.0 Å². The van der Waals surface area contributed by atoms with Gasteiger partial charge in [-0.25, -0.2) is 13.1 Å². The van der Waals surface area contributed by atoms with E-state index in [-0.39, 0.29) is 28.5 Å². The van der Waals surface area contributed by atoms with Gasteiger partial charge >= 0.3 is 0 Å². The third kappa shape index (κ3) is 5.10. The lowest BCUT2D eigenvalue weighted by atomic mass is 9.88. The lowest BCUT2D eigenvalue weighted by Crippen LogP contribution is -2.40. The summed E-state index contributed by atoms with van der Waals surface area (Å²) in [6, 6.07) is 15.0. The molecule has 3 rings (SSSR count). The lowest BCUT2D eigenvalue weighted by Gasteiger charge is -2.31. The van der Waals surface area contributed by atoms with Crippen molar-refractivity contribution in [3.63, 3.8) is 0 Å². The number of benzene rings is 2. The van der Waals surface area contributed by atoms with Gasteiger partial charge in [0.1, 0.15) is 0 Å². The molecule has 1 fully saturated rings. The van der Waals surface area contributed by atoms with Gasteiger partial charge in [0.05, 0.1) is 4.90 Å². The van der Waals surface area contributed by atoms with Crippen molar-refractivity contribution in [1.82, 2.24) is 9.62 Å². The number of hydrogen-bond acceptors (Lipinski definition) is 4. The Bertz CT molecular complexity index is 962. The summed E-state index contributed by atoms with van der Waals surface area (Å²) in [5.41, 5.74) is 1.16. The van der Waals surface area contributed by atoms with Crippen molar-refractivity contribution < 1.29 is 18.0 Å². The number of amides is 1. The van der Waals surface area contributed by atoms with Crippen LogP contribution in [0.25, 0.3) is 0 Å². The number of carbonyl (C=O) groups is 2. The van der Waals surface area contributed by atoms with Crippen molar-refractivity contribution in [3.05, 3.63) is 65.7 Å². The highest BCUT2D eigenvalue weighted by molar-refractivity contribution is 7.89. The van der Waals surface area contributed by atoms with E-state index in [9.17, 15) is 18.0 Å². The van der Waals surface area contributed by atoms with E-state index in [1.54, 1.807) is 30.9 Å². The average Bonchev–Trinajstić information content (AvgIpc) is 2.72. The summed E-state index contributed by atoms with van der Waals surface area (Å²) >= 11 is 0. The molecule has 1 heterocycles. The van der Waals surface area contributed by atoms with E-state index in [4.69, 9.17) is 0 Å². The van der Waals surface area contributed by atoms with Crippen LogP contribution in [0.5, 0.6) is 0 Å². The number of nitrogens with one attached hydrogen (secondary N) is 1. The maximum Gasteiger partial charge on any atom is 0.253 e. The summed E-state index contributed by atoms with van der Waals surface area (Å²) in [5, 5.41) is 0. The average molecular weight is 415 g/mol. The van der Waals surface area contributed by atoms with E-state index in [1.807, 2.05) is 30.3 Å². The summed E-state index contributed by atoms with van der Waals surface area (Å²) in [7, 11) is -3.58. The van der Waals surface area contributed by atoms with Crippen molar-refractivity contribution in [2.75, 3.05) is 13.1 Å². The number of rotatable bonds is 6. The zero-order valence-electron chi connectivity index (χ0n) is 16.7. The smallest absolute Gasteiger partial charge is 0.253 e. The number of nitrogens with zero attached hydrogens (tertiary/aromatic N) is 1. The van der Waals surface area contributed by atoms with Gasteiger partial charge in [0.25, 0.3) is 5.91 Å². The van der Waals surface area contributed by atoms with Gasteiger partial charge in [0.15, 0.2) is 5.78 Å². The molecular weight excluding hydrogens is 388 g/mol. The molecule has 0 unspecified atom stereocenters. The van der Waals surface area contributed by atoms with Crippen molar-refractivity contribution in [2.45, 2.75) is 37.6 Å². The molecule has 29 heavy (non-hydrogen) atoms. The molecule has 1 saturated heterocycles. The number of sulfonamides is 1. The molecule has 1 aliphatic heterocycles. The maximum atomic E-state index is 12.8. The minimum Gasteiger partial charge on any atom is -0.339 e. The van der Waals surface area contributed by atoms with Crippen LogP contribution in [-0.4, -0.2) is 44.1 Å². The third-order valence-electron chi connectivity index (χ3n) is 5.01. The van der Waals surface area contributed by atoms with Gasteiger partial charge in [-0.1, -0.05) is 30.3 Å². The first-order valence-corrected chi connectivity index (χ1v) is 11.3.